The van der Waals surface area contributed by atoms with Gasteiger partial charge in [-0.25, -0.2) is 4.98 Å². The minimum Gasteiger partial charge on any atom is -0.494 e. The molecule has 40 heavy (non-hydrogen) atoms. The van der Waals surface area contributed by atoms with Crippen molar-refractivity contribution in [2.45, 2.75) is 19.4 Å². The number of carbonyl (C=O) groups excluding carboxylic acids is 2. The number of carbonyl (C=O) groups is 2. The van der Waals surface area contributed by atoms with Gasteiger partial charge in [0.15, 0.2) is 16.1 Å². The first-order valence-corrected chi connectivity index (χ1v) is 13.7. The zero-order chi connectivity index (χ0) is 27.8. The minimum atomic E-state index is -1.79. The molecular weight excluding hydrogens is 526 g/mol. The standard InChI is InChI=1S/C31H23N3O5S/c1-4-14-33-22-9-7-6-8-20(22)31(29(33)37)25-26(35)19-15-17(3)10-13-23(19)39-27(25)28(36)34(31)30-32-21-12-11-18(38-5-2)16-24(21)40-30/h4,6-13,15-16H,1,5,14H2,2-3H3. The van der Waals surface area contributed by atoms with Gasteiger partial charge >= 0.3 is 0 Å². The van der Waals surface area contributed by atoms with Crippen LogP contribution in [0.4, 0.5) is 10.8 Å². The van der Waals surface area contributed by atoms with E-state index in [0.717, 1.165) is 10.3 Å². The van der Waals surface area contributed by atoms with Gasteiger partial charge in [-0.2, -0.15) is 0 Å². The highest BCUT2D eigenvalue weighted by atomic mass is 32.1. The van der Waals surface area contributed by atoms with Crippen LogP contribution in [0.25, 0.3) is 21.2 Å². The predicted octanol–water partition coefficient (Wildman–Crippen LogP) is 5.55. The van der Waals surface area contributed by atoms with Crippen molar-refractivity contribution in [3.63, 3.8) is 0 Å². The lowest BCUT2D eigenvalue weighted by Gasteiger charge is -2.32. The van der Waals surface area contributed by atoms with Crippen LogP contribution in [-0.4, -0.2) is 29.9 Å². The van der Waals surface area contributed by atoms with Gasteiger partial charge in [0.2, 0.25) is 5.76 Å². The Balaban J connectivity index is 1.58. The molecular formula is C31H23N3O5S. The summed E-state index contributed by atoms with van der Waals surface area (Å²) in [4.78, 5) is 50.9. The van der Waals surface area contributed by atoms with Crippen molar-refractivity contribution in [3.05, 3.63) is 106 Å². The largest absolute Gasteiger partial charge is 0.494 e. The highest BCUT2D eigenvalue weighted by molar-refractivity contribution is 7.22. The summed E-state index contributed by atoms with van der Waals surface area (Å²) in [7, 11) is 0. The van der Waals surface area contributed by atoms with Crippen LogP contribution in [0.3, 0.4) is 0 Å². The number of hydrogen-bond acceptors (Lipinski definition) is 7. The van der Waals surface area contributed by atoms with E-state index in [1.165, 1.54) is 16.2 Å². The molecule has 0 saturated carbocycles. The van der Waals surface area contributed by atoms with E-state index in [-0.39, 0.29) is 28.6 Å². The van der Waals surface area contributed by atoms with E-state index in [1.807, 2.05) is 50.2 Å². The van der Waals surface area contributed by atoms with Crippen molar-refractivity contribution in [2.75, 3.05) is 23.0 Å². The van der Waals surface area contributed by atoms with Crippen LogP contribution in [0.15, 0.2) is 82.5 Å². The molecule has 9 heteroatoms. The van der Waals surface area contributed by atoms with Gasteiger partial charge in [0.25, 0.3) is 11.8 Å². The van der Waals surface area contributed by atoms with Gasteiger partial charge in [-0.3, -0.25) is 19.3 Å². The fraction of sp³-hybridized carbons (Fsp3) is 0.161. The molecule has 0 aliphatic carbocycles. The van der Waals surface area contributed by atoms with E-state index in [1.54, 1.807) is 35.2 Å². The second-order valence-corrected chi connectivity index (χ2v) is 10.8. The van der Waals surface area contributed by atoms with E-state index in [2.05, 4.69) is 6.58 Å². The van der Waals surface area contributed by atoms with Crippen LogP contribution in [0.2, 0.25) is 0 Å². The lowest BCUT2D eigenvalue weighted by Crippen LogP contribution is -2.53. The number of aryl methyl sites for hydroxylation is 1. The highest BCUT2D eigenvalue weighted by Crippen LogP contribution is 2.54. The Labute approximate surface area is 232 Å². The molecule has 2 aliphatic heterocycles. The summed E-state index contributed by atoms with van der Waals surface area (Å²) in [5, 5.41) is 0.592. The molecule has 0 bridgehead atoms. The van der Waals surface area contributed by atoms with E-state index >= 15 is 0 Å². The molecule has 0 N–H and O–H groups in total. The number of rotatable bonds is 5. The third-order valence-electron chi connectivity index (χ3n) is 7.44. The summed E-state index contributed by atoms with van der Waals surface area (Å²) in [6.45, 7) is 8.31. The molecule has 4 heterocycles. The number of amides is 2. The van der Waals surface area contributed by atoms with Crippen LogP contribution >= 0.6 is 11.3 Å². The maximum atomic E-state index is 14.6. The first-order valence-electron chi connectivity index (χ1n) is 12.9. The number of hydrogen-bond donors (Lipinski definition) is 0. The Morgan fingerprint density at radius 2 is 1.93 bits per heavy atom. The van der Waals surface area contributed by atoms with Crippen LogP contribution in [-0.2, 0) is 10.3 Å². The summed E-state index contributed by atoms with van der Waals surface area (Å²) in [5.74, 6) is -0.510. The van der Waals surface area contributed by atoms with E-state index in [9.17, 15) is 14.4 Å². The molecule has 0 saturated heterocycles. The minimum absolute atomic E-state index is 0.00822. The summed E-state index contributed by atoms with van der Waals surface area (Å²) in [6.07, 6.45) is 1.62. The predicted molar refractivity (Wildman–Crippen MR) is 155 cm³/mol. The second kappa shape index (κ2) is 8.62. The smallest absolute Gasteiger partial charge is 0.297 e. The fourth-order valence-corrected chi connectivity index (χ4v) is 6.88. The quantitative estimate of drug-likeness (QED) is 0.267. The number of fused-ring (bicyclic) bond motifs is 6. The monoisotopic (exact) mass is 549 g/mol. The zero-order valence-electron chi connectivity index (χ0n) is 21.8. The number of aromatic nitrogens is 1. The van der Waals surface area contributed by atoms with E-state index in [0.29, 0.717) is 34.5 Å². The number of benzene rings is 3. The van der Waals surface area contributed by atoms with Gasteiger partial charge in [0, 0.05) is 12.1 Å². The Hall–Kier alpha value is -4.76. The van der Waals surface area contributed by atoms with E-state index < -0.39 is 22.8 Å². The molecule has 1 spiro atoms. The maximum Gasteiger partial charge on any atom is 0.297 e. The first-order chi connectivity index (χ1) is 19.4. The van der Waals surface area contributed by atoms with Gasteiger partial charge in [0.05, 0.1) is 33.5 Å². The number of ether oxygens (including phenoxy) is 1. The molecule has 0 fully saturated rings. The molecule has 2 aromatic heterocycles. The molecule has 1 unspecified atom stereocenters. The van der Waals surface area contributed by atoms with Crippen molar-refractivity contribution in [3.8, 4) is 5.75 Å². The third-order valence-corrected chi connectivity index (χ3v) is 8.45. The van der Waals surface area contributed by atoms with E-state index in [4.69, 9.17) is 14.1 Å². The molecule has 7 rings (SSSR count). The lowest BCUT2D eigenvalue weighted by atomic mass is 9.84. The molecule has 3 aromatic carbocycles. The normalized spacial score (nSPS) is 17.8. The molecule has 198 valence electrons. The topological polar surface area (TPSA) is 93.0 Å². The Kier molecular flexibility index (Phi) is 5.24. The maximum absolute atomic E-state index is 14.6. The SMILES string of the molecule is C=CCN1C(=O)C2(c3ccccc31)c1c(oc3ccc(C)cc3c1=O)C(=O)N2c1nc2ccc(OCC)cc2s1. The van der Waals surface area contributed by atoms with Crippen molar-refractivity contribution in [1.82, 2.24) is 4.98 Å². The molecule has 2 amide bonds. The zero-order valence-corrected chi connectivity index (χ0v) is 22.6. The van der Waals surface area contributed by atoms with Crippen molar-refractivity contribution in [2.24, 2.45) is 0 Å². The highest BCUT2D eigenvalue weighted by Gasteiger charge is 2.66. The van der Waals surface area contributed by atoms with Crippen LogP contribution in [0.1, 0.15) is 34.2 Å². The number of nitrogens with zero attached hydrogens (tertiary/aromatic N) is 3. The summed E-state index contributed by atoms with van der Waals surface area (Å²) >= 11 is 1.25. The Bertz CT molecular complexity index is 1980. The third kappa shape index (κ3) is 3.06. The van der Waals surface area contributed by atoms with Gasteiger partial charge in [0.1, 0.15) is 11.3 Å². The molecule has 2 aliphatic rings. The Morgan fingerprint density at radius 1 is 1.10 bits per heavy atom. The number of anilines is 2. The van der Waals surface area contributed by atoms with Gasteiger partial charge < -0.3 is 14.1 Å². The molecule has 1 atom stereocenters. The summed E-state index contributed by atoms with van der Waals surface area (Å²) in [6, 6.07) is 17.9. The van der Waals surface area contributed by atoms with Gasteiger partial charge in [-0.15, -0.1) is 6.58 Å². The second-order valence-electron chi connectivity index (χ2n) is 9.77. The molecule has 8 nitrogen and oxygen atoms in total. The van der Waals surface area contributed by atoms with Crippen LogP contribution in [0.5, 0.6) is 5.75 Å². The average Bonchev–Trinajstić information content (AvgIpc) is 3.55. The lowest BCUT2D eigenvalue weighted by molar-refractivity contribution is -0.121. The van der Waals surface area contributed by atoms with Crippen LogP contribution in [0, 0.1) is 6.92 Å². The summed E-state index contributed by atoms with van der Waals surface area (Å²) in [5.41, 5.74) is 0.701. The fourth-order valence-electron chi connectivity index (χ4n) is 5.83. The molecule has 5 aromatic rings. The van der Waals surface area contributed by atoms with Gasteiger partial charge in [-0.1, -0.05) is 47.2 Å². The number of para-hydroxylation sites is 1. The van der Waals surface area contributed by atoms with Crippen LogP contribution < -0.4 is 20.0 Å². The van der Waals surface area contributed by atoms with Crippen molar-refractivity contribution >= 4 is 55.2 Å². The number of thiazole rings is 1. The van der Waals surface area contributed by atoms with Crippen molar-refractivity contribution in [1.29, 1.82) is 0 Å². The van der Waals surface area contributed by atoms with Crippen molar-refractivity contribution < 1.29 is 18.7 Å². The average molecular weight is 550 g/mol. The Morgan fingerprint density at radius 3 is 2.73 bits per heavy atom. The molecule has 0 radical (unpaired) electrons. The summed E-state index contributed by atoms with van der Waals surface area (Å²) < 4.78 is 12.6. The van der Waals surface area contributed by atoms with Gasteiger partial charge in [-0.05, 0) is 50.2 Å². The first kappa shape index (κ1) is 24.3.